The van der Waals surface area contributed by atoms with Crippen molar-refractivity contribution in [3.63, 3.8) is 0 Å². The first kappa shape index (κ1) is 9.21. The molecule has 0 spiro atoms. The second-order valence-corrected chi connectivity index (χ2v) is 5.95. The Balaban J connectivity index is 1.57. The SMILES string of the molecule is NC(C1CCCC1)C1CCC2CC2C1. The predicted octanol–water partition coefficient (Wildman–Crippen LogP) is 2.94. The largest absolute Gasteiger partial charge is 0.327 e. The fourth-order valence-electron chi connectivity index (χ4n) is 3.96. The van der Waals surface area contributed by atoms with Gasteiger partial charge in [-0.1, -0.05) is 12.8 Å². The molecule has 4 unspecified atom stereocenters. The summed E-state index contributed by atoms with van der Waals surface area (Å²) in [6.07, 6.45) is 11.7. The molecule has 80 valence electrons. The van der Waals surface area contributed by atoms with Crippen molar-refractivity contribution >= 4 is 0 Å². The van der Waals surface area contributed by atoms with Crippen molar-refractivity contribution in [2.75, 3.05) is 0 Å². The second-order valence-electron chi connectivity index (χ2n) is 5.95. The Morgan fingerprint density at radius 3 is 2.29 bits per heavy atom. The van der Waals surface area contributed by atoms with Gasteiger partial charge in [0.2, 0.25) is 0 Å². The summed E-state index contributed by atoms with van der Waals surface area (Å²) < 4.78 is 0. The number of hydrogen-bond donors (Lipinski definition) is 1. The van der Waals surface area contributed by atoms with Crippen LogP contribution >= 0.6 is 0 Å². The van der Waals surface area contributed by atoms with E-state index in [4.69, 9.17) is 5.73 Å². The molecule has 3 saturated carbocycles. The minimum absolute atomic E-state index is 0.555. The maximum absolute atomic E-state index is 6.43. The molecule has 1 nitrogen and oxygen atoms in total. The van der Waals surface area contributed by atoms with Crippen LogP contribution in [0.3, 0.4) is 0 Å². The first-order valence-corrected chi connectivity index (χ1v) is 6.60. The quantitative estimate of drug-likeness (QED) is 0.717. The lowest BCUT2D eigenvalue weighted by atomic mass is 9.78. The van der Waals surface area contributed by atoms with Gasteiger partial charge < -0.3 is 5.73 Å². The molecule has 0 bridgehead atoms. The molecule has 0 aliphatic heterocycles. The minimum atomic E-state index is 0.555. The summed E-state index contributed by atoms with van der Waals surface area (Å²) in [5.74, 6) is 4.00. The highest BCUT2D eigenvalue weighted by Crippen LogP contribution is 2.52. The Labute approximate surface area is 87.4 Å². The minimum Gasteiger partial charge on any atom is -0.327 e. The second kappa shape index (κ2) is 3.52. The van der Waals surface area contributed by atoms with Gasteiger partial charge in [-0.2, -0.15) is 0 Å². The molecule has 0 aromatic rings. The van der Waals surface area contributed by atoms with Gasteiger partial charge in [-0.05, 0) is 62.2 Å². The van der Waals surface area contributed by atoms with Crippen molar-refractivity contribution in [2.24, 2.45) is 29.4 Å². The maximum atomic E-state index is 6.43. The van der Waals surface area contributed by atoms with Gasteiger partial charge in [0.1, 0.15) is 0 Å². The lowest BCUT2D eigenvalue weighted by molar-refractivity contribution is 0.238. The Morgan fingerprint density at radius 1 is 0.786 bits per heavy atom. The molecule has 0 aromatic heterocycles. The van der Waals surface area contributed by atoms with Gasteiger partial charge in [-0.3, -0.25) is 0 Å². The lowest BCUT2D eigenvalue weighted by Crippen LogP contribution is -2.37. The zero-order valence-corrected chi connectivity index (χ0v) is 9.12. The Morgan fingerprint density at radius 2 is 1.57 bits per heavy atom. The topological polar surface area (TPSA) is 26.0 Å². The molecule has 0 saturated heterocycles. The van der Waals surface area contributed by atoms with Crippen LogP contribution < -0.4 is 5.73 Å². The van der Waals surface area contributed by atoms with Gasteiger partial charge in [0, 0.05) is 6.04 Å². The molecule has 0 amide bonds. The monoisotopic (exact) mass is 193 g/mol. The normalized spacial score (nSPS) is 44.8. The molecule has 0 aromatic carbocycles. The molecule has 3 rings (SSSR count). The highest BCUT2D eigenvalue weighted by molar-refractivity contribution is 4.96. The molecule has 3 aliphatic carbocycles. The first-order valence-electron chi connectivity index (χ1n) is 6.60. The number of hydrogen-bond acceptors (Lipinski definition) is 1. The Kier molecular flexibility index (Phi) is 2.31. The smallest absolute Gasteiger partial charge is 0.00957 e. The summed E-state index contributed by atoms with van der Waals surface area (Å²) in [4.78, 5) is 0. The van der Waals surface area contributed by atoms with E-state index in [1.807, 2.05) is 0 Å². The van der Waals surface area contributed by atoms with Crippen LogP contribution in [0, 0.1) is 23.7 Å². The third kappa shape index (κ3) is 1.60. The third-order valence-electron chi connectivity index (χ3n) is 5.07. The van der Waals surface area contributed by atoms with Crippen LogP contribution in [0.1, 0.15) is 51.4 Å². The van der Waals surface area contributed by atoms with E-state index in [-0.39, 0.29) is 0 Å². The molecule has 14 heavy (non-hydrogen) atoms. The summed E-state index contributed by atoms with van der Waals surface area (Å²) >= 11 is 0. The van der Waals surface area contributed by atoms with Crippen molar-refractivity contribution in [3.8, 4) is 0 Å². The fraction of sp³-hybridized carbons (Fsp3) is 1.00. The molecule has 3 aliphatic rings. The van der Waals surface area contributed by atoms with E-state index in [1.54, 1.807) is 0 Å². The van der Waals surface area contributed by atoms with E-state index in [0.29, 0.717) is 6.04 Å². The van der Waals surface area contributed by atoms with Gasteiger partial charge in [0.25, 0.3) is 0 Å². The van der Waals surface area contributed by atoms with Crippen molar-refractivity contribution in [1.82, 2.24) is 0 Å². The maximum Gasteiger partial charge on any atom is 0.00957 e. The Hall–Kier alpha value is -0.0400. The van der Waals surface area contributed by atoms with E-state index < -0.39 is 0 Å². The molecule has 2 N–H and O–H groups in total. The third-order valence-corrected chi connectivity index (χ3v) is 5.07. The first-order chi connectivity index (χ1) is 6.84. The van der Waals surface area contributed by atoms with Crippen LogP contribution in [0.25, 0.3) is 0 Å². The van der Waals surface area contributed by atoms with Crippen LogP contribution in [0.2, 0.25) is 0 Å². The number of fused-ring (bicyclic) bond motifs is 1. The van der Waals surface area contributed by atoms with Crippen molar-refractivity contribution in [2.45, 2.75) is 57.4 Å². The van der Waals surface area contributed by atoms with Gasteiger partial charge in [0.05, 0.1) is 0 Å². The van der Waals surface area contributed by atoms with Crippen LogP contribution in [-0.4, -0.2) is 6.04 Å². The molecular formula is C13H23N. The lowest BCUT2D eigenvalue weighted by Gasteiger charge is -2.31. The highest BCUT2D eigenvalue weighted by atomic mass is 14.7. The number of nitrogens with two attached hydrogens (primary N) is 1. The Bertz CT molecular complexity index is 207. The average molecular weight is 193 g/mol. The average Bonchev–Trinajstić information content (AvgIpc) is 2.78. The fourth-order valence-corrected chi connectivity index (χ4v) is 3.96. The van der Waals surface area contributed by atoms with Gasteiger partial charge in [-0.15, -0.1) is 0 Å². The summed E-state index contributed by atoms with van der Waals surface area (Å²) in [7, 11) is 0. The molecule has 0 radical (unpaired) electrons. The van der Waals surface area contributed by atoms with Crippen molar-refractivity contribution in [1.29, 1.82) is 0 Å². The predicted molar refractivity (Wildman–Crippen MR) is 58.9 cm³/mol. The summed E-state index contributed by atoms with van der Waals surface area (Å²) in [5, 5.41) is 0. The van der Waals surface area contributed by atoms with E-state index in [9.17, 15) is 0 Å². The standard InChI is InChI=1S/C13H23N/c14-13(9-3-1-2-4-9)11-6-5-10-7-12(10)8-11/h9-13H,1-8,14H2. The van der Waals surface area contributed by atoms with E-state index in [0.717, 1.165) is 23.7 Å². The van der Waals surface area contributed by atoms with E-state index in [2.05, 4.69) is 0 Å². The van der Waals surface area contributed by atoms with E-state index >= 15 is 0 Å². The van der Waals surface area contributed by atoms with Crippen LogP contribution in [0.15, 0.2) is 0 Å². The summed E-state index contributed by atoms with van der Waals surface area (Å²) in [6.45, 7) is 0. The molecule has 3 fully saturated rings. The van der Waals surface area contributed by atoms with E-state index in [1.165, 1.54) is 51.4 Å². The van der Waals surface area contributed by atoms with Crippen molar-refractivity contribution in [3.05, 3.63) is 0 Å². The van der Waals surface area contributed by atoms with Crippen LogP contribution in [0.4, 0.5) is 0 Å². The summed E-state index contributed by atoms with van der Waals surface area (Å²) in [6, 6.07) is 0.555. The number of rotatable bonds is 2. The zero-order chi connectivity index (χ0) is 9.54. The summed E-state index contributed by atoms with van der Waals surface area (Å²) in [5.41, 5.74) is 6.43. The van der Waals surface area contributed by atoms with Gasteiger partial charge in [-0.25, -0.2) is 0 Å². The molecule has 4 atom stereocenters. The van der Waals surface area contributed by atoms with Crippen LogP contribution in [0.5, 0.6) is 0 Å². The zero-order valence-electron chi connectivity index (χ0n) is 9.12. The van der Waals surface area contributed by atoms with Crippen LogP contribution in [-0.2, 0) is 0 Å². The highest BCUT2D eigenvalue weighted by Gasteiger charge is 2.44. The molecule has 0 heterocycles. The van der Waals surface area contributed by atoms with Crippen molar-refractivity contribution < 1.29 is 0 Å². The van der Waals surface area contributed by atoms with Gasteiger partial charge >= 0.3 is 0 Å². The molecular weight excluding hydrogens is 170 g/mol. The molecule has 1 heteroatoms. The van der Waals surface area contributed by atoms with Gasteiger partial charge in [0.15, 0.2) is 0 Å².